The first-order valence-corrected chi connectivity index (χ1v) is 9.95. The van der Waals surface area contributed by atoms with Crippen LogP contribution in [0.4, 0.5) is 0 Å². The predicted molar refractivity (Wildman–Crippen MR) is 91.1 cm³/mol. The van der Waals surface area contributed by atoms with E-state index in [1.165, 1.54) is 0 Å². The van der Waals surface area contributed by atoms with Gasteiger partial charge >= 0.3 is 0 Å². The second kappa shape index (κ2) is 5.97. The molecule has 2 heterocycles. The van der Waals surface area contributed by atoms with E-state index >= 15 is 0 Å². The Morgan fingerprint density at radius 1 is 1.21 bits per heavy atom. The van der Waals surface area contributed by atoms with Crippen LogP contribution in [0.15, 0.2) is 36.7 Å². The summed E-state index contributed by atoms with van der Waals surface area (Å²) in [6.07, 6.45) is 4.25. The number of hydrogen-bond acceptors (Lipinski definition) is 4. The van der Waals surface area contributed by atoms with E-state index in [2.05, 4.69) is 10.2 Å². The number of benzene rings is 1. The van der Waals surface area contributed by atoms with Crippen molar-refractivity contribution >= 4 is 10.0 Å². The topological polar surface area (TPSA) is 68.1 Å². The summed E-state index contributed by atoms with van der Waals surface area (Å²) in [6, 6.07) is 9.97. The molecule has 2 aliphatic rings. The lowest BCUT2D eigenvalue weighted by atomic mass is 9.99. The van der Waals surface area contributed by atoms with Gasteiger partial charge in [0.1, 0.15) is 12.2 Å². The minimum absolute atomic E-state index is 0.134. The highest BCUT2D eigenvalue weighted by Gasteiger charge is 2.51. The number of piperidine rings is 1. The molecule has 1 saturated heterocycles. The van der Waals surface area contributed by atoms with Crippen molar-refractivity contribution in [2.45, 2.75) is 36.3 Å². The molecule has 1 unspecified atom stereocenters. The molecule has 6 nitrogen and oxygen atoms in total. The van der Waals surface area contributed by atoms with E-state index in [0.29, 0.717) is 13.1 Å². The predicted octanol–water partition coefficient (Wildman–Crippen LogP) is 1.88. The molecule has 24 heavy (non-hydrogen) atoms. The number of aromatic nitrogens is 3. The van der Waals surface area contributed by atoms with Crippen LogP contribution in [0, 0.1) is 0 Å². The van der Waals surface area contributed by atoms with Gasteiger partial charge in [0.15, 0.2) is 0 Å². The molecule has 4 rings (SSSR count). The molecule has 1 aromatic carbocycles. The number of nitrogens with zero attached hydrogens (tertiary/aromatic N) is 4. The molecule has 0 spiro atoms. The summed E-state index contributed by atoms with van der Waals surface area (Å²) in [7, 11) is -1.34. The van der Waals surface area contributed by atoms with Crippen LogP contribution in [0.1, 0.15) is 42.5 Å². The van der Waals surface area contributed by atoms with Crippen LogP contribution in [0.25, 0.3) is 0 Å². The Morgan fingerprint density at radius 2 is 2.00 bits per heavy atom. The fourth-order valence-corrected chi connectivity index (χ4v) is 5.97. The minimum Gasteiger partial charge on any atom is -0.320 e. The Morgan fingerprint density at radius 3 is 2.71 bits per heavy atom. The highest BCUT2D eigenvalue weighted by molar-refractivity contribution is 7.90. The van der Waals surface area contributed by atoms with E-state index in [0.717, 1.165) is 30.7 Å². The molecule has 0 amide bonds. The van der Waals surface area contributed by atoms with Crippen LogP contribution < -0.4 is 0 Å². The van der Waals surface area contributed by atoms with E-state index in [4.69, 9.17) is 0 Å². The van der Waals surface area contributed by atoms with E-state index in [1.807, 2.05) is 41.9 Å². The summed E-state index contributed by atoms with van der Waals surface area (Å²) in [6.45, 7) is 1.14. The van der Waals surface area contributed by atoms with Gasteiger partial charge in [-0.25, -0.2) is 12.7 Å². The lowest BCUT2D eigenvalue weighted by molar-refractivity contribution is 0.305. The standard InChI is InChI=1S/C17H22N4O2S/c1-20-12-18-19-17(20)14-8-5-9-21(11-14)24(22,23)16-10-15(16)13-6-3-2-4-7-13/h2-4,6-7,12,14-16H,5,8-11H2,1H3/t14?,15-,16+/m0/s1. The Labute approximate surface area is 142 Å². The maximum absolute atomic E-state index is 13.0. The minimum atomic E-state index is -3.25. The molecule has 0 radical (unpaired) electrons. The fourth-order valence-electron chi connectivity index (χ4n) is 3.79. The van der Waals surface area contributed by atoms with Crippen molar-refractivity contribution in [2.75, 3.05) is 13.1 Å². The monoisotopic (exact) mass is 346 g/mol. The SMILES string of the molecule is Cn1cnnc1C1CCCN(S(=O)(=O)[C@@H]2C[C@H]2c2ccccc2)C1. The van der Waals surface area contributed by atoms with Crippen LogP contribution >= 0.6 is 0 Å². The van der Waals surface area contributed by atoms with Gasteiger partial charge in [-0.15, -0.1) is 10.2 Å². The second-order valence-corrected chi connectivity index (χ2v) is 8.99. The van der Waals surface area contributed by atoms with Gasteiger partial charge in [-0.1, -0.05) is 30.3 Å². The second-order valence-electron chi connectivity index (χ2n) is 6.83. The van der Waals surface area contributed by atoms with Crippen LogP contribution in [0.2, 0.25) is 0 Å². The summed E-state index contributed by atoms with van der Waals surface area (Å²) in [5, 5.41) is 7.83. The third kappa shape index (κ3) is 2.75. The maximum Gasteiger partial charge on any atom is 0.217 e. The van der Waals surface area contributed by atoms with Crippen molar-refractivity contribution in [1.29, 1.82) is 0 Å². The Hall–Kier alpha value is -1.73. The van der Waals surface area contributed by atoms with Crippen molar-refractivity contribution in [3.63, 3.8) is 0 Å². The lowest BCUT2D eigenvalue weighted by Gasteiger charge is -2.31. The molecule has 1 aromatic heterocycles. The van der Waals surface area contributed by atoms with Gasteiger partial charge in [0, 0.05) is 32.0 Å². The van der Waals surface area contributed by atoms with Crippen molar-refractivity contribution in [2.24, 2.45) is 7.05 Å². The number of sulfonamides is 1. The molecule has 1 saturated carbocycles. The highest BCUT2D eigenvalue weighted by Crippen LogP contribution is 2.47. The molecule has 2 fully saturated rings. The Balaban J connectivity index is 1.50. The summed E-state index contributed by atoms with van der Waals surface area (Å²) in [4.78, 5) is 0. The zero-order chi connectivity index (χ0) is 16.7. The summed E-state index contributed by atoms with van der Waals surface area (Å²) >= 11 is 0. The summed E-state index contributed by atoms with van der Waals surface area (Å²) < 4.78 is 29.6. The van der Waals surface area contributed by atoms with Crippen molar-refractivity contribution < 1.29 is 8.42 Å². The van der Waals surface area contributed by atoms with Crippen LogP contribution in [0.5, 0.6) is 0 Å². The first-order valence-electron chi connectivity index (χ1n) is 8.45. The van der Waals surface area contributed by atoms with Gasteiger partial charge in [0.25, 0.3) is 0 Å². The van der Waals surface area contributed by atoms with Crippen LogP contribution in [-0.4, -0.2) is 45.8 Å². The van der Waals surface area contributed by atoms with Crippen LogP contribution in [0.3, 0.4) is 0 Å². The number of hydrogen-bond donors (Lipinski definition) is 0. The normalized spacial score (nSPS) is 28.0. The van der Waals surface area contributed by atoms with Crippen LogP contribution in [-0.2, 0) is 17.1 Å². The molecular weight excluding hydrogens is 324 g/mol. The van der Waals surface area contributed by atoms with Crippen molar-refractivity contribution in [3.8, 4) is 0 Å². The zero-order valence-corrected chi connectivity index (χ0v) is 14.6. The average Bonchev–Trinajstić information content (AvgIpc) is 3.31. The van der Waals surface area contributed by atoms with Gasteiger partial charge in [0.05, 0.1) is 5.25 Å². The van der Waals surface area contributed by atoms with Gasteiger partial charge in [-0.2, -0.15) is 0 Å². The summed E-state index contributed by atoms with van der Waals surface area (Å²) in [5.74, 6) is 1.16. The summed E-state index contributed by atoms with van der Waals surface area (Å²) in [5.41, 5.74) is 1.13. The Kier molecular flexibility index (Phi) is 3.92. The fraction of sp³-hybridized carbons (Fsp3) is 0.529. The molecular formula is C17H22N4O2S. The molecule has 0 bridgehead atoms. The molecule has 3 atom stereocenters. The zero-order valence-electron chi connectivity index (χ0n) is 13.7. The quantitative estimate of drug-likeness (QED) is 0.848. The molecule has 1 aliphatic carbocycles. The molecule has 2 aromatic rings. The van der Waals surface area contributed by atoms with Gasteiger partial charge < -0.3 is 4.57 Å². The number of aryl methyl sites for hydroxylation is 1. The average molecular weight is 346 g/mol. The van der Waals surface area contributed by atoms with Crippen molar-refractivity contribution in [1.82, 2.24) is 19.1 Å². The van der Waals surface area contributed by atoms with E-state index < -0.39 is 10.0 Å². The van der Waals surface area contributed by atoms with Gasteiger partial charge in [-0.3, -0.25) is 0 Å². The molecule has 0 N–H and O–H groups in total. The first-order chi connectivity index (χ1) is 11.6. The van der Waals surface area contributed by atoms with Crippen molar-refractivity contribution in [3.05, 3.63) is 48.0 Å². The highest BCUT2D eigenvalue weighted by atomic mass is 32.2. The smallest absolute Gasteiger partial charge is 0.217 e. The third-order valence-electron chi connectivity index (χ3n) is 5.20. The molecule has 1 aliphatic heterocycles. The Bertz CT molecular complexity index is 818. The van der Waals surface area contributed by atoms with E-state index in [-0.39, 0.29) is 17.1 Å². The lowest BCUT2D eigenvalue weighted by Crippen LogP contribution is -2.41. The van der Waals surface area contributed by atoms with E-state index in [1.54, 1.807) is 10.6 Å². The maximum atomic E-state index is 13.0. The third-order valence-corrected chi connectivity index (χ3v) is 7.54. The first kappa shape index (κ1) is 15.8. The van der Waals surface area contributed by atoms with Gasteiger partial charge in [-0.05, 0) is 24.8 Å². The van der Waals surface area contributed by atoms with Gasteiger partial charge in [0.2, 0.25) is 10.0 Å². The largest absolute Gasteiger partial charge is 0.320 e. The number of rotatable bonds is 4. The molecule has 7 heteroatoms. The molecule has 128 valence electrons. The van der Waals surface area contributed by atoms with E-state index in [9.17, 15) is 8.42 Å².